The lowest BCUT2D eigenvalue weighted by Gasteiger charge is -2.21. The van der Waals surface area contributed by atoms with Crippen LogP contribution in [0.3, 0.4) is 0 Å². The van der Waals surface area contributed by atoms with Crippen LogP contribution >= 0.6 is 0 Å². The van der Waals surface area contributed by atoms with E-state index < -0.39 is 0 Å². The van der Waals surface area contributed by atoms with Crippen LogP contribution in [0.1, 0.15) is 45.4 Å². The summed E-state index contributed by atoms with van der Waals surface area (Å²) in [5.74, 6) is 0.648. The second-order valence-electron chi connectivity index (χ2n) is 6.72. The van der Waals surface area contributed by atoms with E-state index in [1.165, 1.54) is 17.7 Å². The summed E-state index contributed by atoms with van der Waals surface area (Å²) >= 11 is 0. The van der Waals surface area contributed by atoms with Crippen LogP contribution in [0, 0.1) is 5.92 Å². The maximum absolute atomic E-state index is 5.46. The van der Waals surface area contributed by atoms with E-state index in [2.05, 4.69) is 44.3 Å². The Hall–Kier alpha value is -0.870. The largest absolute Gasteiger partial charge is 0.381 e. The lowest BCUT2D eigenvalue weighted by Crippen LogP contribution is -2.33. The second kappa shape index (κ2) is 5.63. The highest BCUT2D eigenvalue weighted by Crippen LogP contribution is 2.24. The maximum atomic E-state index is 5.46. The summed E-state index contributed by atoms with van der Waals surface area (Å²) in [5, 5.41) is 8.24. The van der Waals surface area contributed by atoms with Crippen molar-refractivity contribution in [3.63, 3.8) is 0 Å². The van der Waals surface area contributed by atoms with Gasteiger partial charge in [-0.15, -0.1) is 0 Å². The molecule has 2 unspecified atom stereocenters. The molecule has 1 N–H and O–H groups in total. The van der Waals surface area contributed by atoms with E-state index in [4.69, 9.17) is 4.74 Å². The Labute approximate surface area is 116 Å². The molecule has 0 spiro atoms. The van der Waals surface area contributed by atoms with Crippen LogP contribution in [0.2, 0.25) is 0 Å². The zero-order valence-electron chi connectivity index (χ0n) is 12.9. The van der Waals surface area contributed by atoms with E-state index in [9.17, 15) is 0 Å². The van der Waals surface area contributed by atoms with Gasteiger partial charge in [0.25, 0.3) is 0 Å². The molecule has 1 aliphatic heterocycles. The predicted molar refractivity (Wildman–Crippen MR) is 77.1 cm³/mol. The molecule has 2 rings (SSSR count). The summed E-state index contributed by atoms with van der Waals surface area (Å²) in [7, 11) is 1.99. The monoisotopic (exact) mass is 265 g/mol. The van der Waals surface area contributed by atoms with Crippen molar-refractivity contribution in [1.29, 1.82) is 0 Å². The van der Waals surface area contributed by atoms with Gasteiger partial charge in [0.2, 0.25) is 0 Å². The first-order valence-electron chi connectivity index (χ1n) is 7.22. The first-order chi connectivity index (χ1) is 8.88. The van der Waals surface area contributed by atoms with E-state index in [1.807, 2.05) is 11.7 Å². The molecule has 1 aromatic heterocycles. The minimum Gasteiger partial charge on any atom is -0.381 e. The van der Waals surface area contributed by atoms with Crippen LogP contribution in [0.25, 0.3) is 0 Å². The molecule has 108 valence electrons. The molecule has 1 aliphatic rings. The van der Waals surface area contributed by atoms with Crippen LogP contribution in [0.15, 0.2) is 6.20 Å². The number of hydrogen-bond acceptors (Lipinski definition) is 3. The molecule has 2 atom stereocenters. The second-order valence-corrected chi connectivity index (χ2v) is 6.72. The Balaban J connectivity index is 1.99. The van der Waals surface area contributed by atoms with Crippen LogP contribution in [-0.4, -0.2) is 29.0 Å². The van der Waals surface area contributed by atoms with Gasteiger partial charge < -0.3 is 10.1 Å². The maximum Gasteiger partial charge on any atom is 0.0722 e. The summed E-state index contributed by atoms with van der Waals surface area (Å²) in [6, 6.07) is 0.496. The molecular formula is C15H27N3O. The van der Waals surface area contributed by atoms with Gasteiger partial charge in [0.05, 0.1) is 12.3 Å². The Morgan fingerprint density at radius 1 is 1.53 bits per heavy atom. The minimum atomic E-state index is 0.0952. The van der Waals surface area contributed by atoms with Crippen molar-refractivity contribution >= 4 is 0 Å². The molecular weight excluding hydrogens is 238 g/mol. The lowest BCUT2D eigenvalue weighted by atomic mass is 9.89. The summed E-state index contributed by atoms with van der Waals surface area (Å²) < 4.78 is 7.37. The molecule has 0 aromatic carbocycles. The van der Waals surface area contributed by atoms with Gasteiger partial charge in [0, 0.05) is 43.4 Å². The number of rotatable bonds is 4. The first kappa shape index (κ1) is 14.5. The Kier molecular flexibility index (Phi) is 4.31. The zero-order chi connectivity index (χ0) is 14.0. The summed E-state index contributed by atoms with van der Waals surface area (Å²) in [5.41, 5.74) is 2.59. The molecule has 1 aromatic rings. The SMILES string of the molecule is CC(NCc1cn(C)nc1C(C)(C)C)C1CCOC1. The van der Waals surface area contributed by atoms with Gasteiger partial charge in [-0.25, -0.2) is 0 Å². The molecule has 0 saturated carbocycles. The van der Waals surface area contributed by atoms with E-state index in [1.54, 1.807) is 0 Å². The highest BCUT2D eigenvalue weighted by molar-refractivity contribution is 5.23. The number of hydrogen-bond donors (Lipinski definition) is 1. The van der Waals surface area contributed by atoms with E-state index in [0.717, 1.165) is 19.8 Å². The molecule has 4 nitrogen and oxygen atoms in total. The fourth-order valence-electron chi connectivity index (χ4n) is 2.68. The van der Waals surface area contributed by atoms with Crippen molar-refractivity contribution in [2.24, 2.45) is 13.0 Å². The van der Waals surface area contributed by atoms with Crippen molar-refractivity contribution in [3.8, 4) is 0 Å². The van der Waals surface area contributed by atoms with Gasteiger partial charge in [0.1, 0.15) is 0 Å². The third-order valence-electron chi connectivity index (χ3n) is 3.90. The highest BCUT2D eigenvalue weighted by atomic mass is 16.5. The van der Waals surface area contributed by atoms with Gasteiger partial charge in [-0.2, -0.15) is 5.10 Å². The van der Waals surface area contributed by atoms with Gasteiger partial charge in [-0.3, -0.25) is 4.68 Å². The zero-order valence-corrected chi connectivity index (χ0v) is 12.9. The third-order valence-corrected chi connectivity index (χ3v) is 3.90. The molecule has 0 amide bonds. The highest BCUT2D eigenvalue weighted by Gasteiger charge is 2.24. The third kappa shape index (κ3) is 3.57. The minimum absolute atomic E-state index is 0.0952. The smallest absolute Gasteiger partial charge is 0.0722 e. The van der Waals surface area contributed by atoms with Crippen LogP contribution < -0.4 is 5.32 Å². The number of aryl methyl sites for hydroxylation is 1. The quantitative estimate of drug-likeness (QED) is 0.907. The average molecular weight is 265 g/mol. The molecule has 19 heavy (non-hydrogen) atoms. The van der Waals surface area contributed by atoms with Crippen molar-refractivity contribution in [1.82, 2.24) is 15.1 Å². The first-order valence-corrected chi connectivity index (χ1v) is 7.22. The topological polar surface area (TPSA) is 39.1 Å². The number of aromatic nitrogens is 2. The molecule has 0 bridgehead atoms. The molecule has 0 aliphatic carbocycles. The number of nitrogens with zero attached hydrogens (tertiary/aromatic N) is 2. The van der Waals surface area contributed by atoms with Gasteiger partial charge in [-0.1, -0.05) is 20.8 Å². The number of ether oxygens (including phenoxy) is 1. The normalized spacial score (nSPS) is 21.8. The van der Waals surface area contributed by atoms with Crippen molar-refractivity contribution in [2.45, 2.75) is 52.1 Å². The van der Waals surface area contributed by atoms with Crippen molar-refractivity contribution < 1.29 is 4.74 Å². The molecule has 1 fully saturated rings. The van der Waals surface area contributed by atoms with Crippen LogP contribution in [0.4, 0.5) is 0 Å². The fraction of sp³-hybridized carbons (Fsp3) is 0.800. The summed E-state index contributed by atoms with van der Waals surface area (Å²) in [6.45, 7) is 11.6. The molecule has 4 heteroatoms. The van der Waals surface area contributed by atoms with Crippen molar-refractivity contribution in [3.05, 3.63) is 17.5 Å². The molecule has 2 heterocycles. The van der Waals surface area contributed by atoms with Crippen LogP contribution in [-0.2, 0) is 23.7 Å². The van der Waals surface area contributed by atoms with E-state index in [-0.39, 0.29) is 5.41 Å². The van der Waals surface area contributed by atoms with Gasteiger partial charge in [-0.05, 0) is 19.3 Å². The van der Waals surface area contributed by atoms with Crippen LogP contribution in [0.5, 0.6) is 0 Å². The fourth-order valence-corrected chi connectivity index (χ4v) is 2.68. The number of nitrogens with one attached hydrogen (secondary N) is 1. The summed E-state index contributed by atoms with van der Waals surface area (Å²) in [4.78, 5) is 0. The summed E-state index contributed by atoms with van der Waals surface area (Å²) in [6.07, 6.45) is 3.30. The van der Waals surface area contributed by atoms with Crippen molar-refractivity contribution in [2.75, 3.05) is 13.2 Å². The lowest BCUT2D eigenvalue weighted by molar-refractivity contribution is 0.178. The van der Waals surface area contributed by atoms with E-state index >= 15 is 0 Å². The van der Waals surface area contributed by atoms with E-state index in [0.29, 0.717) is 12.0 Å². The standard InChI is InChI=1S/C15H27N3O/c1-11(12-6-7-19-10-12)16-8-13-9-18(5)17-14(13)15(2,3)4/h9,11-12,16H,6-8,10H2,1-5H3. The Morgan fingerprint density at radius 2 is 2.26 bits per heavy atom. The Bertz CT molecular complexity index is 414. The average Bonchev–Trinajstić information content (AvgIpc) is 2.93. The molecule has 1 saturated heterocycles. The predicted octanol–water partition coefficient (Wildman–Crippen LogP) is 2.23. The molecule has 0 radical (unpaired) electrons. The Morgan fingerprint density at radius 3 is 2.84 bits per heavy atom. The van der Waals surface area contributed by atoms with Gasteiger partial charge in [0.15, 0.2) is 0 Å². The van der Waals surface area contributed by atoms with Gasteiger partial charge >= 0.3 is 0 Å².